The van der Waals surface area contributed by atoms with Gasteiger partial charge in [0.05, 0.1) is 25.5 Å². The molecule has 0 aliphatic heterocycles. The summed E-state index contributed by atoms with van der Waals surface area (Å²) < 4.78 is 48.5. The Morgan fingerprint density at radius 2 is 1.63 bits per heavy atom. The van der Waals surface area contributed by atoms with Crippen molar-refractivity contribution in [3.05, 3.63) is 81.3 Å². The van der Waals surface area contributed by atoms with Gasteiger partial charge in [0, 0.05) is 18.2 Å². The van der Waals surface area contributed by atoms with Crippen molar-refractivity contribution in [1.29, 1.82) is 0 Å². The van der Waals surface area contributed by atoms with Crippen molar-refractivity contribution in [2.45, 2.75) is 23.5 Å². The molecule has 0 saturated heterocycles. The average molecular weight is 436 g/mol. The van der Waals surface area contributed by atoms with Crippen molar-refractivity contribution in [1.82, 2.24) is 9.97 Å². The fourth-order valence-corrected chi connectivity index (χ4v) is 3.63. The maximum absolute atomic E-state index is 12.7. The molecule has 9 heteroatoms. The molecule has 0 radical (unpaired) electrons. The number of alkyl halides is 3. The Labute approximate surface area is 175 Å². The number of ether oxygens (including phenoxy) is 2. The summed E-state index contributed by atoms with van der Waals surface area (Å²) in [4.78, 5) is 19.1. The molecule has 158 valence electrons. The highest BCUT2D eigenvalue weighted by Crippen LogP contribution is 2.30. The first-order valence-electron chi connectivity index (χ1n) is 8.88. The standard InChI is InChI=1S/C21H19F3N2O3S/c1-28-17-8-5-14(10-18(17)29-2)9-16-11-19(27)26-20(25-16)30-12-13-3-6-15(7-4-13)21(22,23)24/h3-8,10-11H,9,12H2,1-2H3,(H,25,26,27). The number of aromatic amines is 1. The zero-order valence-corrected chi connectivity index (χ0v) is 17.1. The van der Waals surface area contributed by atoms with Crippen molar-refractivity contribution in [3.8, 4) is 11.5 Å². The second kappa shape index (κ2) is 9.25. The summed E-state index contributed by atoms with van der Waals surface area (Å²) in [6.07, 6.45) is -3.95. The number of methoxy groups -OCH3 is 2. The molecule has 0 atom stereocenters. The number of rotatable bonds is 7. The number of nitrogens with zero attached hydrogens (tertiary/aromatic N) is 1. The largest absolute Gasteiger partial charge is 0.493 e. The summed E-state index contributed by atoms with van der Waals surface area (Å²) in [5.41, 5.74) is 1.17. The molecule has 0 aliphatic carbocycles. The van der Waals surface area contributed by atoms with Crippen LogP contribution in [0, 0.1) is 0 Å². The van der Waals surface area contributed by atoms with Crippen molar-refractivity contribution in [2.75, 3.05) is 14.2 Å². The molecule has 0 aliphatic rings. The zero-order valence-electron chi connectivity index (χ0n) is 16.2. The van der Waals surface area contributed by atoms with E-state index in [0.29, 0.717) is 40.1 Å². The van der Waals surface area contributed by atoms with Crippen molar-refractivity contribution < 1.29 is 22.6 Å². The lowest BCUT2D eigenvalue weighted by atomic mass is 10.1. The minimum atomic E-state index is -4.36. The van der Waals surface area contributed by atoms with Crippen LogP contribution in [0.15, 0.2) is 58.5 Å². The Bertz CT molecular complexity index is 1070. The topological polar surface area (TPSA) is 64.2 Å². The normalized spacial score (nSPS) is 11.4. The predicted molar refractivity (Wildman–Crippen MR) is 108 cm³/mol. The molecule has 0 fully saturated rings. The molecule has 1 aromatic heterocycles. The highest BCUT2D eigenvalue weighted by molar-refractivity contribution is 7.98. The summed E-state index contributed by atoms with van der Waals surface area (Å²) in [5, 5.41) is 0.401. The molecule has 2 aromatic carbocycles. The minimum Gasteiger partial charge on any atom is -0.493 e. The van der Waals surface area contributed by atoms with Gasteiger partial charge in [-0.3, -0.25) is 4.79 Å². The summed E-state index contributed by atoms with van der Waals surface area (Å²) >= 11 is 1.25. The minimum absolute atomic E-state index is 0.296. The number of halogens is 3. The first-order valence-corrected chi connectivity index (χ1v) is 9.87. The number of H-pyrrole nitrogens is 1. The lowest BCUT2D eigenvalue weighted by Crippen LogP contribution is -2.10. The summed E-state index contributed by atoms with van der Waals surface area (Å²) in [6, 6.07) is 11.8. The molecule has 1 heterocycles. The maximum atomic E-state index is 12.7. The Balaban J connectivity index is 1.72. The Morgan fingerprint density at radius 1 is 0.967 bits per heavy atom. The quantitative estimate of drug-likeness (QED) is 0.430. The molecule has 3 aromatic rings. The van der Waals surface area contributed by atoms with Crippen LogP contribution in [0.1, 0.15) is 22.4 Å². The van der Waals surface area contributed by atoms with Crippen LogP contribution in [0.5, 0.6) is 11.5 Å². The number of benzene rings is 2. The molecule has 0 spiro atoms. The van der Waals surface area contributed by atoms with Gasteiger partial charge in [-0.05, 0) is 35.4 Å². The molecule has 5 nitrogen and oxygen atoms in total. The predicted octanol–water partition coefficient (Wildman–Crippen LogP) is 4.69. The number of hydrogen-bond donors (Lipinski definition) is 1. The van der Waals surface area contributed by atoms with Crippen LogP contribution < -0.4 is 15.0 Å². The van der Waals surface area contributed by atoms with Crippen molar-refractivity contribution >= 4 is 11.8 Å². The first kappa shape index (κ1) is 21.8. The van der Waals surface area contributed by atoms with E-state index in [1.165, 1.54) is 30.0 Å². The molecule has 1 N–H and O–H groups in total. The molecule has 0 saturated carbocycles. The SMILES string of the molecule is COc1ccc(Cc2cc(=O)[nH]c(SCc3ccc(C(F)(F)F)cc3)n2)cc1OC. The van der Waals surface area contributed by atoms with E-state index in [1.54, 1.807) is 20.3 Å². The summed E-state index contributed by atoms with van der Waals surface area (Å²) in [6.45, 7) is 0. The highest BCUT2D eigenvalue weighted by atomic mass is 32.2. The Kier molecular flexibility index (Phi) is 6.71. The fraction of sp³-hybridized carbons (Fsp3) is 0.238. The third kappa shape index (κ3) is 5.56. The average Bonchev–Trinajstić information content (AvgIpc) is 2.71. The first-order chi connectivity index (χ1) is 14.3. The van der Waals surface area contributed by atoms with Gasteiger partial charge in [-0.15, -0.1) is 0 Å². The van der Waals surface area contributed by atoms with Crippen LogP contribution in [0.2, 0.25) is 0 Å². The van der Waals surface area contributed by atoms with Crippen LogP contribution in [0.4, 0.5) is 13.2 Å². The van der Waals surface area contributed by atoms with E-state index >= 15 is 0 Å². The van der Waals surface area contributed by atoms with Crippen LogP contribution >= 0.6 is 11.8 Å². The van der Waals surface area contributed by atoms with E-state index in [9.17, 15) is 18.0 Å². The van der Waals surface area contributed by atoms with E-state index in [2.05, 4.69) is 9.97 Å². The monoisotopic (exact) mass is 436 g/mol. The maximum Gasteiger partial charge on any atom is 0.416 e. The van der Waals surface area contributed by atoms with E-state index in [-0.39, 0.29) is 5.56 Å². The molecule has 3 rings (SSSR count). The molecule has 0 amide bonds. The number of aromatic nitrogens is 2. The zero-order chi connectivity index (χ0) is 21.7. The lowest BCUT2D eigenvalue weighted by Gasteiger charge is -2.10. The van der Waals surface area contributed by atoms with Gasteiger partial charge in [0.15, 0.2) is 16.7 Å². The molecular weight excluding hydrogens is 417 g/mol. The highest BCUT2D eigenvalue weighted by Gasteiger charge is 2.29. The second-order valence-corrected chi connectivity index (χ2v) is 7.36. The van der Waals surface area contributed by atoms with Crippen molar-refractivity contribution in [3.63, 3.8) is 0 Å². The number of thioether (sulfide) groups is 1. The van der Waals surface area contributed by atoms with E-state index in [0.717, 1.165) is 17.7 Å². The van der Waals surface area contributed by atoms with Gasteiger partial charge in [-0.25, -0.2) is 4.98 Å². The molecule has 0 unspecified atom stereocenters. The fourth-order valence-electron chi connectivity index (χ4n) is 2.78. The van der Waals surface area contributed by atoms with Gasteiger partial charge in [0.25, 0.3) is 5.56 Å². The third-order valence-corrected chi connectivity index (χ3v) is 5.21. The molecule has 0 bridgehead atoms. The third-order valence-electron chi connectivity index (χ3n) is 4.26. The van der Waals surface area contributed by atoms with E-state index in [4.69, 9.17) is 9.47 Å². The van der Waals surface area contributed by atoms with Gasteiger partial charge >= 0.3 is 6.18 Å². The van der Waals surface area contributed by atoms with Gasteiger partial charge in [-0.1, -0.05) is 30.0 Å². The number of hydrogen-bond acceptors (Lipinski definition) is 5. The lowest BCUT2D eigenvalue weighted by molar-refractivity contribution is -0.137. The van der Waals surface area contributed by atoms with Crippen LogP contribution in [0.25, 0.3) is 0 Å². The van der Waals surface area contributed by atoms with E-state index in [1.807, 2.05) is 12.1 Å². The van der Waals surface area contributed by atoms with Gasteiger partial charge in [0.2, 0.25) is 0 Å². The van der Waals surface area contributed by atoms with Gasteiger partial charge < -0.3 is 14.5 Å². The number of nitrogens with one attached hydrogen (secondary N) is 1. The van der Waals surface area contributed by atoms with E-state index < -0.39 is 11.7 Å². The summed E-state index contributed by atoms with van der Waals surface area (Å²) in [7, 11) is 3.10. The van der Waals surface area contributed by atoms with Crippen LogP contribution in [-0.4, -0.2) is 24.2 Å². The Morgan fingerprint density at radius 3 is 2.27 bits per heavy atom. The smallest absolute Gasteiger partial charge is 0.416 e. The van der Waals surface area contributed by atoms with Crippen LogP contribution in [0.3, 0.4) is 0 Å². The summed E-state index contributed by atoms with van der Waals surface area (Å²) in [5.74, 6) is 1.56. The molecular formula is C21H19F3N2O3S. The van der Waals surface area contributed by atoms with Crippen LogP contribution in [-0.2, 0) is 18.3 Å². The molecule has 30 heavy (non-hydrogen) atoms. The second-order valence-electron chi connectivity index (χ2n) is 6.39. The van der Waals surface area contributed by atoms with Crippen molar-refractivity contribution in [2.24, 2.45) is 0 Å². The van der Waals surface area contributed by atoms with Gasteiger partial charge in [-0.2, -0.15) is 13.2 Å². The Hall–Kier alpha value is -2.94. The van der Waals surface area contributed by atoms with Gasteiger partial charge in [0.1, 0.15) is 0 Å².